The maximum Gasteiger partial charge on any atom is 0.129 e. The van der Waals surface area contributed by atoms with E-state index in [1.54, 1.807) is 23.0 Å². The highest BCUT2D eigenvalue weighted by Crippen LogP contribution is 2.24. The molecule has 0 saturated heterocycles. The second-order valence-corrected chi connectivity index (χ2v) is 5.43. The summed E-state index contributed by atoms with van der Waals surface area (Å²) >= 11 is 9.46. The second-order valence-electron chi connectivity index (χ2n) is 3.92. The van der Waals surface area contributed by atoms with Gasteiger partial charge < -0.3 is 0 Å². The molecule has 2 aromatic rings. The molecule has 6 heteroatoms. The minimum atomic E-state index is -0.328. The Morgan fingerprint density at radius 2 is 2.28 bits per heavy atom. The number of benzene rings is 1. The van der Waals surface area contributed by atoms with Crippen LogP contribution in [0.25, 0.3) is 0 Å². The number of rotatable bonds is 4. The molecule has 0 aliphatic heterocycles. The highest BCUT2D eigenvalue weighted by Gasteiger charge is 2.12. The molecule has 1 unspecified atom stereocenters. The van der Waals surface area contributed by atoms with Gasteiger partial charge in [-0.2, -0.15) is 0 Å². The quantitative estimate of drug-likeness (QED) is 0.793. The first-order valence-corrected chi connectivity index (χ1v) is 6.88. The van der Waals surface area contributed by atoms with E-state index < -0.39 is 0 Å². The van der Waals surface area contributed by atoms with Crippen molar-refractivity contribution >= 4 is 27.5 Å². The summed E-state index contributed by atoms with van der Waals surface area (Å²) in [7, 11) is 0. The highest BCUT2D eigenvalue weighted by atomic mass is 79.9. The predicted octanol–water partition coefficient (Wildman–Crippen LogP) is 3.96. The fraction of sp³-hybridized carbons (Fsp3) is 0.333. The van der Waals surface area contributed by atoms with Gasteiger partial charge in [0.15, 0.2) is 0 Å². The molecular formula is C12H12BrClFN3. The van der Waals surface area contributed by atoms with E-state index in [1.165, 1.54) is 6.07 Å². The minimum Gasteiger partial charge on any atom is -0.248 e. The maximum atomic E-state index is 13.6. The highest BCUT2D eigenvalue weighted by molar-refractivity contribution is 9.09. The molecule has 0 aliphatic rings. The first-order valence-electron chi connectivity index (χ1n) is 5.58. The Kier molecular flexibility index (Phi) is 4.35. The average molecular weight is 333 g/mol. The van der Waals surface area contributed by atoms with Crippen LogP contribution in [-0.2, 0) is 6.54 Å². The Morgan fingerprint density at radius 3 is 2.94 bits per heavy atom. The van der Waals surface area contributed by atoms with E-state index in [9.17, 15) is 4.39 Å². The van der Waals surface area contributed by atoms with Crippen molar-refractivity contribution in [2.24, 2.45) is 0 Å². The van der Waals surface area contributed by atoms with Crippen molar-refractivity contribution in [3.63, 3.8) is 0 Å². The number of nitrogens with zero attached hydrogens (tertiary/aromatic N) is 3. The van der Waals surface area contributed by atoms with Crippen LogP contribution in [0.2, 0.25) is 5.02 Å². The molecule has 0 aliphatic carbocycles. The monoisotopic (exact) mass is 331 g/mol. The van der Waals surface area contributed by atoms with Crippen LogP contribution >= 0.6 is 27.5 Å². The fourth-order valence-corrected chi connectivity index (χ4v) is 2.02. The number of hydrogen-bond acceptors (Lipinski definition) is 2. The molecule has 1 atom stereocenters. The largest absolute Gasteiger partial charge is 0.248 e. The van der Waals surface area contributed by atoms with Crippen LogP contribution in [0.1, 0.15) is 29.4 Å². The first kappa shape index (κ1) is 13.5. The average Bonchev–Trinajstić information content (AvgIpc) is 2.81. The third-order valence-electron chi connectivity index (χ3n) is 2.62. The summed E-state index contributed by atoms with van der Waals surface area (Å²) in [5.41, 5.74) is 1.27. The van der Waals surface area contributed by atoms with E-state index in [-0.39, 0.29) is 17.2 Å². The maximum absolute atomic E-state index is 13.6. The van der Waals surface area contributed by atoms with Gasteiger partial charge in [-0.15, -0.1) is 5.10 Å². The van der Waals surface area contributed by atoms with Crippen LogP contribution in [-0.4, -0.2) is 15.0 Å². The summed E-state index contributed by atoms with van der Waals surface area (Å²) in [4.78, 5) is 0.169. The summed E-state index contributed by atoms with van der Waals surface area (Å²) in [6, 6.07) is 4.63. The van der Waals surface area contributed by atoms with E-state index in [0.717, 1.165) is 12.1 Å². The van der Waals surface area contributed by atoms with Crippen molar-refractivity contribution in [1.29, 1.82) is 0 Å². The SMILES string of the molecule is CCC(Br)c1cn(Cc2c(F)cccc2Cl)nn1. The molecule has 0 spiro atoms. The molecule has 1 aromatic carbocycles. The molecule has 18 heavy (non-hydrogen) atoms. The van der Waals surface area contributed by atoms with Crippen molar-refractivity contribution in [3.8, 4) is 0 Å². The summed E-state index contributed by atoms with van der Waals surface area (Å²) in [6.45, 7) is 2.33. The molecule has 1 aromatic heterocycles. The van der Waals surface area contributed by atoms with Crippen LogP contribution in [0.15, 0.2) is 24.4 Å². The molecule has 1 heterocycles. The van der Waals surface area contributed by atoms with Crippen molar-refractivity contribution in [2.45, 2.75) is 24.7 Å². The number of alkyl halides is 1. The summed E-state index contributed by atoms with van der Waals surface area (Å²) < 4.78 is 15.2. The third-order valence-corrected chi connectivity index (χ3v) is 4.09. The van der Waals surface area contributed by atoms with E-state index in [2.05, 4.69) is 26.2 Å². The Balaban J connectivity index is 2.21. The molecule has 0 saturated carbocycles. The molecule has 0 radical (unpaired) electrons. The Labute approximate surface area is 118 Å². The Morgan fingerprint density at radius 1 is 1.50 bits per heavy atom. The van der Waals surface area contributed by atoms with Gasteiger partial charge in [-0.25, -0.2) is 9.07 Å². The van der Waals surface area contributed by atoms with Crippen LogP contribution in [0.5, 0.6) is 0 Å². The van der Waals surface area contributed by atoms with Gasteiger partial charge in [0.2, 0.25) is 0 Å². The molecule has 2 rings (SSSR count). The zero-order valence-electron chi connectivity index (χ0n) is 9.78. The third kappa shape index (κ3) is 2.90. The fourth-order valence-electron chi connectivity index (χ4n) is 1.59. The lowest BCUT2D eigenvalue weighted by molar-refractivity contribution is 0.577. The Bertz CT molecular complexity index is 524. The number of halogens is 3. The van der Waals surface area contributed by atoms with E-state index in [4.69, 9.17) is 11.6 Å². The molecular weight excluding hydrogens is 321 g/mol. The zero-order chi connectivity index (χ0) is 13.1. The van der Waals surface area contributed by atoms with Crippen LogP contribution in [0.3, 0.4) is 0 Å². The number of aromatic nitrogens is 3. The van der Waals surface area contributed by atoms with Gasteiger partial charge in [0.05, 0.1) is 17.1 Å². The van der Waals surface area contributed by atoms with E-state index in [0.29, 0.717) is 10.6 Å². The van der Waals surface area contributed by atoms with Gasteiger partial charge in [-0.3, -0.25) is 0 Å². The summed E-state index contributed by atoms with van der Waals surface area (Å²) in [6.07, 6.45) is 2.71. The molecule has 0 amide bonds. The van der Waals surface area contributed by atoms with Crippen molar-refractivity contribution < 1.29 is 4.39 Å². The molecule has 3 nitrogen and oxygen atoms in total. The minimum absolute atomic E-state index is 0.169. The van der Waals surface area contributed by atoms with Gasteiger partial charge in [0.1, 0.15) is 5.82 Å². The van der Waals surface area contributed by atoms with Crippen LogP contribution in [0, 0.1) is 5.82 Å². The van der Waals surface area contributed by atoms with Crippen molar-refractivity contribution in [3.05, 3.63) is 46.5 Å². The van der Waals surface area contributed by atoms with Crippen molar-refractivity contribution in [2.75, 3.05) is 0 Å². The first-order chi connectivity index (χ1) is 8.61. The normalized spacial score (nSPS) is 12.7. The van der Waals surface area contributed by atoms with E-state index in [1.807, 2.05) is 6.92 Å². The van der Waals surface area contributed by atoms with Gasteiger partial charge in [-0.1, -0.05) is 45.7 Å². The van der Waals surface area contributed by atoms with Gasteiger partial charge >= 0.3 is 0 Å². The van der Waals surface area contributed by atoms with E-state index >= 15 is 0 Å². The van der Waals surface area contributed by atoms with Crippen LogP contribution in [0.4, 0.5) is 4.39 Å². The van der Waals surface area contributed by atoms with Crippen LogP contribution < -0.4 is 0 Å². The second kappa shape index (κ2) is 5.80. The Hall–Kier alpha value is -0.940. The zero-order valence-corrected chi connectivity index (χ0v) is 12.1. The smallest absolute Gasteiger partial charge is 0.129 e. The predicted molar refractivity (Wildman–Crippen MR) is 72.5 cm³/mol. The number of hydrogen-bond donors (Lipinski definition) is 0. The lowest BCUT2D eigenvalue weighted by Gasteiger charge is -2.05. The summed E-state index contributed by atoms with van der Waals surface area (Å²) in [5, 5.41) is 8.42. The van der Waals surface area contributed by atoms with Gasteiger partial charge in [0, 0.05) is 16.8 Å². The lowest BCUT2D eigenvalue weighted by atomic mass is 10.2. The van der Waals surface area contributed by atoms with Gasteiger partial charge in [0.25, 0.3) is 0 Å². The molecule has 0 fully saturated rings. The van der Waals surface area contributed by atoms with Crippen molar-refractivity contribution in [1.82, 2.24) is 15.0 Å². The molecule has 0 N–H and O–H groups in total. The molecule has 0 bridgehead atoms. The summed E-state index contributed by atoms with van der Waals surface area (Å²) in [5.74, 6) is -0.328. The topological polar surface area (TPSA) is 30.7 Å². The molecule has 96 valence electrons. The lowest BCUT2D eigenvalue weighted by Crippen LogP contribution is -2.03. The van der Waals surface area contributed by atoms with Gasteiger partial charge in [-0.05, 0) is 18.6 Å². The standard InChI is InChI=1S/C12H12BrClFN3/c1-2-9(13)12-7-18(17-16-12)6-8-10(14)4-3-5-11(8)15/h3-5,7,9H,2,6H2,1H3.